The van der Waals surface area contributed by atoms with Gasteiger partial charge in [0.25, 0.3) is 0 Å². The zero-order valence-electron chi connectivity index (χ0n) is 15.0. The van der Waals surface area contributed by atoms with E-state index < -0.39 is 30.2 Å². The summed E-state index contributed by atoms with van der Waals surface area (Å²) in [6, 6.07) is -3.05. The quantitative estimate of drug-likeness (QED) is 0.338. The zero-order chi connectivity index (χ0) is 20.7. The van der Waals surface area contributed by atoms with E-state index in [0.29, 0.717) is 0 Å². The number of aliphatic hydroxyl groups excluding tert-OH is 2. The molecule has 1 rings (SSSR count). The van der Waals surface area contributed by atoms with Gasteiger partial charge < -0.3 is 36.2 Å². The fourth-order valence-electron chi connectivity index (χ4n) is 1.31. The number of carbonyl (C=O) groups is 2. The van der Waals surface area contributed by atoms with E-state index in [1.54, 1.807) is 0 Å². The zero-order valence-corrected chi connectivity index (χ0v) is 15.0. The molecule has 0 bridgehead atoms. The molecule has 0 aliphatic carbocycles. The van der Waals surface area contributed by atoms with Crippen molar-refractivity contribution in [3.05, 3.63) is 11.7 Å². The molecule has 11 nitrogen and oxygen atoms in total. The van der Waals surface area contributed by atoms with Crippen LogP contribution in [0, 0.1) is 12.8 Å². The summed E-state index contributed by atoms with van der Waals surface area (Å²) in [5.74, 6) is -1.25. The van der Waals surface area contributed by atoms with Gasteiger partial charge in [-0.2, -0.15) is 4.98 Å². The van der Waals surface area contributed by atoms with Crippen molar-refractivity contribution in [1.29, 1.82) is 0 Å². The Labute approximate surface area is 152 Å². The molecule has 11 heteroatoms. The fourth-order valence-corrected chi connectivity index (χ4v) is 1.31. The smallest absolute Gasteiger partial charge is 0.328 e. The lowest BCUT2D eigenvalue weighted by molar-refractivity contribution is -0.141. The fraction of sp³-hybridized carbons (Fsp3) is 0.600. The number of rotatable bonds is 7. The van der Waals surface area contributed by atoms with Gasteiger partial charge in [-0.05, 0) is 6.92 Å². The first-order valence-electron chi connectivity index (χ1n) is 7.74. The number of carboxylic acid groups (broad SMARTS) is 1. The van der Waals surface area contributed by atoms with Crippen molar-refractivity contribution >= 4 is 12.0 Å². The molecule has 0 saturated heterocycles. The summed E-state index contributed by atoms with van der Waals surface area (Å²) in [4.78, 5) is 26.1. The Balaban J connectivity index is 0. The molecule has 0 fully saturated rings. The summed E-state index contributed by atoms with van der Waals surface area (Å²) >= 11 is 0. The Morgan fingerprint density at radius 3 is 2.31 bits per heavy atom. The van der Waals surface area contributed by atoms with Crippen LogP contribution in [0.5, 0.6) is 0 Å². The van der Waals surface area contributed by atoms with Crippen LogP contribution >= 0.6 is 0 Å². The normalized spacial score (nSPS) is 12.9. The maximum atomic E-state index is 11.5. The number of amides is 2. The van der Waals surface area contributed by atoms with E-state index in [-0.39, 0.29) is 24.9 Å². The summed E-state index contributed by atoms with van der Waals surface area (Å²) in [7, 11) is 0. The van der Waals surface area contributed by atoms with Gasteiger partial charge in [-0.3, -0.25) is 0 Å². The molecule has 2 amide bonds. The average molecular weight is 373 g/mol. The highest BCUT2D eigenvalue weighted by Gasteiger charge is 2.25. The number of carboxylic acids is 1. The molecular formula is C15H27N5O6. The first-order valence-corrected chi connectivity index (χ1v) is 7.74. The molecule has 0 aromatic carbocycles. The molecule has 2 unspecified atom stereocenters. The van der Waals surface area contributed by atoms with Crippen molar-refractivity contribution in [2.24, 2.45) is 5.73 Å². The number of hydrogen-bond acceptors (Lipinski definition) is 8. The van der Waals surface area contributed by atoms with E-state index in [4.69, 9.17) is 20.5 Å². The molecule has 1 aromatic rings. The van der Waals surface area contributed by atoms with Crippen molar-refractivity contribution in [2.45, 2.75) is 51.9 Å². The topological polar surface area (TPSA) is 184 Å². The predicted molar refractivity (Wildman–Crippen MR) is 92.6 cm³/mol. The first kappa shape index (κ1) is 25.6. The van der Waals surface area contributed by atoms with E-state index in [1.165, 1.54) is 13.3 Å². The minimum atomic E-state index is -1.44. The van der Waals surface area contributed by atoms with Crippen LogP contribution < -0.4 is 16.4 Å². The predicted octanol–water partition coefficient (Wildman–Crippen LogP) is -0.639. The van der Waals surface area contributed by atoms with Crippen LogP contribution in [0.25, 0.3) is 0 Å². The van der Waals surface area contributed by atoms with Gasteiger partial charge in [0, 0.05) is 0 Å². The Morgan fingerprint density at radius 2 is 1.88 bits per heavy atom. The Hall–Kier alpha value is -2.68. The van der Waals surface area contributed by atoms with Crippen molar-refractivity contribution < 1.29 is 29.4 Å². The summed E-state index contributed by atoms with van der Waals surface area (Å²) in [5, 5.41) is 34.7. The van der Waals surface area contributed by atoms with Crippen LogP contribution in [0.1, 0.15) is 44.9 Å². The molecule has 0 radical (unpaired) electrons. The monoisotopic (exact) mass is 373 g/mol. The third-order valence-electron chi connectivity index (χ3n) is 2.45. The highest BCUT2D eigenvalue weighted by molar-refractivity contribution is 5.82. The Morgan fingerprint density at radius 1 is 1.35 bits per heavy atom. The number of aliphatic hydroxyl groups is 2. The second-order valence-corrected chi connectivity index (χ2v) is 4.93. The van der Waals surface area contributed by atoms with E-state index in [1.807, 2.05) is 0 Å². The second-order valence-electron chi connectivity index (χ2n) is 4.93. The molecule has 26 heavy (non-hydrogen) atoms. The standard InChI is InChI=1S/C10H17N5O6.C3H8.C2H2/c1-4(17)7(9(18)19)14-10(20)12-2-6-13-8(15-21-6)5(11)3-16;1-3-2;1-2/h4-5,7,16-17H,2-3,11H2,1H3,(H,18,19)(H2,12,14,20);3H2,1-2H3;1-2H/t4?,5-,7?;;/m0../s1. The molecule has 1 heterocycles. The number of nitrogens with zero attached hydrogens (tertiary/aromatic N) is 2. The lowest BCUT2D eigenvalue weighted by atomic mass is 10.2. The lowest BCUT2D eigenvalue weighted by Gasteiger charge is -2.16. The van der Waals surface area contributed by atoms with Crippen molar-refractivity contribution in [3.63, 3.8) is 0 Å². The SMILES string of the molecule is C#C.CC(O)C(NC(=O)NCc1nc([C@@H](N)CO)no1)C(=O)O.CCC. The number of terminal acetylenes is 1. The third kappa shape index (κ3) is 10.2. The van der Waals surface area contributed by atoms with Crippen molar-refractivity contribution in [2.75, 3.05) is 6.61 Å². The van der Waals surface area contributed by atoms with E-state index in [9.17, 15) is 14.7 Å². The van der Waals surface area contributed by atoms with E-state index >= 15 is 0 Å². The molecule has 0 spiro atoms. The highest BCUT2D eigenvalue weighted by Crippen LogP contribution is 2.04. The maximum Gasteiger partial charge on any atom is 0.328 e. The number of nitrogens with one attached hydrogen (secondary N) is 2. The highest BCUT2D eigenvalue weighted by atomic mass is 16.5. The van der Waals surface area contributed by atoms with Crippen molar-refractivity contribution in [1.82, 2.24) is 20.8 Å². The van der Waals surface area contributed by atoms with Crippen LogP contribution in [0.15, 0.2) is 4.52 Å². The van der Waals surface area contributed by atoms with Crippen molar-refractivity contribution in [3.8, 4) is 12.8 Å². The number of hydrogen-bond donors (Lipinski definition) is 6. The summed E-state index contributed by atoms with van der Waals surface area (Å²) in [6.45, 7) is 4.96. The van der Waals surface area contributed by atoms with Crippen LogP contribution in [0.3, 0.4) is 0 Å². The van der Waals surface area contributed by atoms with Gasteiger partial charge in [0.1, 0.15) is 0 Å². The van der Waals surface area contributed by atoms with Gasteiger partial charge in [0.05, 0.1) is 25.3 Å². The van der Waals surface area contributed by atoms with Crippen LogP contribution in [-0.2, 0) is 11.3 Å². The molecule has 0 saturated carbocycles. The van der Waals surface area contributed by atoms with E-state index in [2.05, 4.69) is 47.5 Å². The summed E-state index contributed by atoms with van der Waals surface area (Å²) in [5.41, 5.74) is 5.47. The first-order chi connectivity index (χ1) is 12.3. The second kappa shape index (κ2) is 14.6. The minimum absolute atomic E-state index is 0.0352. The van der Waals surface area contributed by atoms with Crippen LogP contribution in [0.4, 0.5) is 4.79 Å². The van der Waals surface area contributed by atoms with Gasteiger partial charge in [0.2, 0.25) is 5.89 Å². The molecule has 148 valence electrons. The maximum absolute atomic E-state index is 11.5. The number of nitrogens with two attached hydrogens (primary N) is 1. The van der Waals surface area contributed by atoms with Gasteiger partial charge in [-0.1, -0.05) is 25.4 Å². The molecule has 1 aromatic heterocycles. The number of aliphatic carboxylic acids is 1. The molecule has 0 aliphatic heterocycles. The van der Waals surface area contributed by atoms with Gasteiger partial charge in [-0.25, -0.2) is 9.59 Å². The lowest BCUT2D eigenvalue weighted by Crippen LogP contribution is -2.51. The number of carbonyl (C=O) groups excluding carboxylic acids is 1. The van der Waals surface area contributed by atoms with Gasteiger partial charge >= 0.3 is 12.0 Å². The third-order valence-corrected chi connectivity index (χ3v) is 2.45. The minimum Gasteiger partial charge on any atom is -0.480 e. The van der Waals surface area contributed by atoms with Crippen LogP contribution in [-0.4, -0.2) is 56.2 Å². The van der Waals surface area contributed by atoms with Gasteiger partial charge in [0.15, 0.2) is 11.9 Å². The molecule has 7 N–H and O–H groups in total. The number of aromatic nitrogens is 2. The molecular weight excluding hydrogens is 346 g/mol. The van der Waals surface area contributed by atoms with Crippen LogP contribution in [0.2, 0.25) is 0 Å². The summed E-state index contributed by atoms with van der Waals surface area (Å²) in [6.07, 6.45) is 7.99. The Bertz CT molecular complexity index is 546. The molecule has 3 atom stereocenters. The summed E-state index contributed by atoms with van der Waals surface area (Å²) < 4.78 is 4.78. The largest absolute Gasteiger partial charge is 0.480 e. The Kier molecular flexibility index (Phi) is 14.4. The van der Waals surface area contributed by atoms with E-state index in [0.717, 1.165) is 0 Å². The molecule has 0 aliphatic rings. The number of urea groups is 1. The van der Waals surface area contributed by atoms with Gasteiger partial charge in [-0.15, -0.1) is 12.8 Å². The average Bonchev–Trinajstić information content (AvgIpc) is 3.08.